The van der Waals surface area contributed by atoms with Crippen molar-refractivity contribution in [2.24, 2.45) is 0 Å². The standard InChI is InChI=1S/C56H37N/c1-3-16-36(17-4-1)39-32-40(38-20-15-21-42(35-38)57-51-28-13-11-24-45(51)46-25-12-14-29-52(46)57)34-41(33-39)54-48-27-10-8-23-44(48)50-31-30-49-43-22-7-9-26-47(43)53(55(49)56(50)54)37-18-5-2-6-19-37/h1-35,53-54H. The number of hydrogen-bond acceptors (Lipinski definition) is 0. The van der Waals surface area contributed by atoms with E-state index in [1.807, 2.05) is 0 Å². The van der Waals surface area contributed by atoms with Gasteiger partial charge in [-0.15, -0.1) is 0 Å². The molecule has 1 aromatic heterocycles. The molecule has 0 saturated carbocycles. The summed E-state index contributed by atoms with van der Waals surface area (Å²) in [6.45, 7) is 0. The topological polar surface area (TPSA) is 4.93 Å². The minimum absolute atomic E-state index is 0.0644. The van der Waals surface area contributed by atoms with Crippen LogP contribution in [0.3, 0.4) is 0 Å². The van der Waals surface area contributed by atoms with Gasteiger partial charge >= 0.3 is 0 Å². The Labute approximate surface area is 332 Å². The van der Waals surface area contributed by atoms with Crippen LogP contribution in [0.25, 0.3) is 72.0 Å². The van der Waals surface area contributed by atoms with Gasteiger partial charge < -0.3 is 4.57 Å². The first-order valence-corrected chi connectivity index (χ1v) is 20.0. The van der Waals surface area contributed by atoms with Crippen LogP contribution in [0.2, 0.25) is 0 Å². The quantitative estimate of drug-likeness (QED) is 0.167. The van der Waals surface area contributed by atoms with E-state index in [4.69, 9.17) is 0 Å². The van der Waals surface area contributed by atoms with Gasteiger partial charge in [-0.3, -0.25) is 0 Å². The SMILES string of the molecule is c1ccc(-c2cc(-c3cccc(-n4c5ccccc5c5ccccc54)c3)cc(C3c4ccccc4-c4ccc5c(c43)C(c3ccccc3)c3ccccc3-5)c2)cc1. The zero-order valence-electron chi connectivity index (χ0n) is 31.3. The predicted molar refractivity (Wildman–Crippen MR) is 237 cm³/mol. The van der Waals surface area contributed by atoms with Gasteiger partial charge in [0.15, 0.2) is 0 Å². The lowest BCUT2D eigenvalue weighted by molar-refractivity contribution is 0.938. The van der Waals surface area contributed by atoms with Gasteiger partial charge in [0, 0.05) is 28.3 Å². The number of fused-ring (bicyclic) bond motifs is 10. The van der Waals surface area contributed by atoms with E-state index in [2.05, 4.69) is 217 Å². The second kappa shape index (κ2) is 12.7. The third-order valence-electron chi connectivity index (χ3n) is 12.5. The maximum Gasteiger partial charge on any atom is 0.0541 e. The van der Waals surface area contributed by atoms with Gasteiger partial charge in [-0.1, -0.05) is 182 Å². The molecule has 0 fully saturated rings. The zero-order valence-corrected chi connectivity index (χ0v) is 31.3. The molecule has 9 aromatic carbocycles. The van der Waals surface area contributed by atoms with E-state index in [1.54, 1.807) is 0 Å². The van der Waals surface area contributed by atoms with Crippen molar-refractivity contribution in [2.45, 2.75) is 11.8 Å². The lowest BCUT2D eigenvalue weighted by Gasteiger charge is -2.24. The Morgan fingerprint density at radius 2 is 0.789 bits per heavy atom. The normalized spacial score (nSPS) is 15.0. The van der Waals surface area contributed by atoms with Gasteiger partial charge in [0.2, 0.25) is 0 Å². The molecular formula is C56H37N. The first-order chi connectivity index (χ1) is 28.3. The molecule has 1 heterocycles. The lowest BCUT2D eigenvalue weighted by Crippen LogP contribution is -2.08. The summed E-state index contributed by atoms with van der Waals surface area (Å²) >= 11 is 0. The van der Waals surface area contributed by atoms with Crippen molar-refractivity contribution in [3.63, 3.8) is 0 Å². The van der Waals surface area contributed by atoms with Crippen molar-refractivity contribution in [2.75, 3.05) is 0 Å². The van der Waals surface area contributed by atoms with Crippen molar-refractivity contribution in [3.8, 4) is 50.2 Å². The summed E-state index contributed by atoms with van der Waals surface area (Å²) in [5.41, 5.74) is 22.2. The number of nitrogens with zero attached hydrogens (tertiary/aromatic N) is 1. The molecule has 0 radical (unpaired) electrons. The Kier molecular flexibility index (Phi) is 7.12. The Balaban J connectivity index is 1.10. The van der Waals surface area contributed by atoms with E-state index >= 15 is 0 Å². The molecule has 2 aliphatic rings. The van der Waals surface area contributed by atoms with Crippen molar-refractivity contribution in [1.82, 2.24) is 4.57 Å². The fourth-order valence-electron chi connectivity index (χ4n) is 10.2. The highest BCUT2D eigenvalue weighted by atomic mass is 15.0. The van der Waals surface area contributed by atoms with E-state index in [1.165, 1.54) is 99.7 Å². The zero-order chi connectivity index (χ0) is 37.5. The first kappa shape index (κ1) is 32.1. The van der Waals surface area contributed by atoms with Crippen LogP contribution in [-0.4, -0.2) is 4.57 Å². The Hall–Kier alpha value is -7.22. The number of aromatic nitrogens is 1. The molecule has 0 spiro atoms. The van der Waals surface area contributed by atoms with Gasteiger partial charge in [0.1, 0.15) is 0 Å². The summed E-state index contributed by atoms with van der Waals surface area (Å²) in [5.74, 6) is 0.221. The highest BCUT2D eigenvalue weighted by molar-refractivity contribution is 6.09. The Morgan fingerprint density at radius 3 is 1.42 bits per heavy atom. The third-order valence-corrected chi connectivity index (χ3v) is 12.5. The molecule has 1 heteroatoms. The molecule has 1 nitrogen and oxygen atoms in total. The Bertz CT molecular complexity index is 3130. The van der Waals surface area contributed by atoms with Crippen LogP contribution < -0.4 is 0 Å². The first-order valence-electron chi connectivity index (χ1n) is 20.0. The second-order valence-corrected chi connectivity index (χ2v) is 15.6. The van der Waals surface area contributed by atoms with Gasteiger partial charge in [-0.2, -0.15) is 0 Å². The minimum Gasteiger partial charge on any atom is -0.309 e. The lowest BCUT2D eigenvalue weighted by atomic mass is 9.79. The van der Waals surface area contributed by atoms with Crippen LogP contribution in [-0.2, 0) is 0 Å². The third kappa shape index (κ3) is 4.89. The number of para-hydroxylation sites is 2. The van der Waals surface area contributed by atoms with Crippen molar-refractivity contribution in [1.29, 1.82) is 0 Å². The predicted octanol–water partition coefficient (Wildman–Crippen LogP) is 14.4. The number of benzene rings is 9. The molecule has 0 bridgehead atoms. The molecule has 2 unspecified atom stereocenters. The molecule has 12 rings (SSSR count). The largest absolute Gasteiger partial charge is 0.309 e. The van der Waals surface area contributed by atoms with Gasteiger partial charge in [0.05, 0.1) is 11.0 Å². The minimum atomic E-state index is 0.0644. The van der Waals surface area contributed by atoms with Crippen LogP contribution in [0.4, 0.5) is 0 Å². The van der Waals surface area contributed by atoms with Gasteiger partial charge in [-0.25, -0.2) is 0 Å². The molecule has 2 aliphatic carbocycles. The highest BCUT2D eigenvalue weighted by Gasteiger charge is 2.40. The second-order valence-electron chi connectivity index (χ2n) is 15.6. The molecule has 57 heavy (non-hydrogen) atoms. The van der Waals surface area contributed by atoms with Crippen molar-refractivity contribution >= 4 is 21.8 Å². The van der Waals surface area contributed by atoms with E-state index in [9.17, 15) is 0 Å². The smallest absolute Gasteiger partial charge is 0.0541 e. The maximum absolute atomic E-state index is 2.48. The van der Waals surface area contributed by atoms with Gasteiger partial charge in [0.25, 0.3) is 0 Å². The monoisotopic (exact) mass is 723 g/mol. The van der Waals surface area contributed by atoms with Crippen LogP contribution in [0.15, 0.2) is 212 Å². The average Bonchev–Trinajstić information content (AvgIpc) is 3.93. The van der Waals surface area contributed by atoms with Crippen LogP contribution >= 0.6 is 0 Å². The van der Waals surface area contributed by atoms with Crippen molar-refractivity contribution < 1.29 is 0 Å². The van der Waals surface area contributed by atoms with E-state index in [-0.39, 0.29) is 11.8 Å². The molecule has 266 valence electrons. The Morgan fingerprint density at radius 1 is 0.298 bits per heavy atom. The van der Waals surface area contributed by atoms with Gasteiger partial charge in [-0.05, 0) is 108 Å². The maximum atomic E-state index is 2.48. The molecular weight excluding hydrogens is 687 g/mol. The average molecular weight is 724 g/mol. The van der Waals surface area contributed by atoms with Crippen LogP contribution in [0, 0.1) is 0 Å². The summed E-state index contributed by atoms with van der Waals surface area (Å²) in [5, 5.41) is 2.54. The summed E-state index contributed by atoms with van der Waals surface area (Å²) in [6, 6.07) is 79.0. The van der Waals surface area contributed by atoms with Crippen molar-refractivity contribution in [3.05, 3.63) is 246 Å². The van der Waals surface area contributed by atoms with E-state index in [0.29, 0.717) is 0 Å². The fourth-order valence-corrected chi connectivity index (χ4v) is 10.2. The molecule has 10 aromatic rings. The summed E-state index contributed by atoms with van der Waals surface area (Å²) in [7, 11) is 0. The summed E-state index contributed by atoms with van der Waals surface area (Å²) < 4.78 is 2.42. The molecule has 2 atom stereocenters. The number of hydrogen-bond donors (Lipinski definition) is 0. The van der Waals surface area contributed by atoms with Crippen LogP contribution in [0.1, 0.15) is 45.2 Å². The van der Waals surface area contributed by atoms with E-state index in [0.717, 1.165) is 5.69 Å². The summed E-state index contributed by atoms with van der Waals surface area (Å²) in [4.78, 5) is 0. The number of rotatable bonds is 5. The highest BCUT2D eigenvalue weighted by Crippen LogP contribution is 2.58. The summed E-state index contributed by atoms with van der Waals surface area (Å²) in [6.07, 6.45) is 0. The molecule has 0 saturated heterocycles. The molecule has 0 N–H and O–H groups in total. The van der Waals surface area contributed by atoms with E-state index < -0.39 is 0 Å². The molecule has 0 amide bonds. The fraction of sp³-hybridized carbons (Fsp3) is 0.0357. The van der Waals surface area contributed by atoms with Crippen LogP contribution in [0.5, 0.6) is 0 Å². The molecule has 0 aliphatic heterocycles.